The molecule has 1 aromatic carbocycles. The first-order valence-electron chi connectivity index (χ1n) is 7.07. The van der Waals surface area contributed by atoms with Crippen molar-refractivity contribution in [3.05, 3.63) is 71.3 Å². The summed E-state index contributed by atoms with van der Waals surface area (Å²) in [6.07, 6.45) is 1.79. The van der Waals surface area contributed by atoms with Crippen LogP contribution < -0.4 is 4.73 Å². The maximum Gasteiger partial charge on any atom is 0.405 e. The molecule has 0 fully saturated rings. The summed E-state index contributed by atoms with van der Waals surface area (Å²) in [5.74, 6) is -1.16. The number of para-hydroxylation sites is 1. The van der Waals surface area contributed by atoms with E-state index in [0.29, 0.717) is 10.3 Å². The second-order valence-corrected chi connectivity index (χ2v) is 5.07. The minimum atomic E-state index is -0.998. The molecule has 3 rings (SSSR count). The molecule has 2 heterocycles. The fourth-order valence-electron chi connectivity index (χ4n) is 2.36. The topological polar surface area (TPSA) is 86.1 Å². The molecule has 0 saturated carbocycles. The van der Waals surface area contributed by atoms with Crippen LogP contribution in [0.5, 0.6) is 0 Å². The predicted octanol–water partition coefficient (Wildman–Crippen LogP) is 2.23. The van der Waals surface area contributed by atoms with E-state index >= 15 is 0 Å². The summed E-state index contributed by atoms with van der Waals surface area (Å²) in [4.78, 5) is 27.5. The van der Waals surface area contributed by atoms with E-state index in [1.54, 1.807) is 12.3 Å². The monoisotopic (exact) mass is 310 g/mol. The van der Waals surface area contributed by atoms with Gasteiger partial charge in [-0.25, -0.2) is 4.79 Å². The Morgan fingerprint density at radius 1 is 1.17 bits per heavy atom. The van der Waals surface area contributed by atoms with Gasteiger partial charge >= 0.3 is 11.7 Å². The first-order valence-corrected chi connectivity index (χ1v) is 7.07. The number of carbonyl (C=O) groups excluding carboxylic acids is 2. The number of hydrogen-bond acceptors (Lipinski definition) is 4. The number of fused-ring (bicyclic) bond motifs is 1. The second-order valence-electron chi connectivity index (χ2n) is 5.07. The zero-order valence-corrected chi connectivity index (χ0v) is 12.4. The highest BCUT2D eigenvalue weighted by Gasteiger charge is 2.25. The molecule has 6 heteroatoms. The van der Waals surface area contributed by atoms with E-state index in [-0.39, 0.29) is 11.5 Å². The van der Waals surface area contributed by atoms with Crippen molar-refractivity contribution in [3.8, 4) is 0 Å². The number of ether oxygens (including phenoxy) is 1. The van der Waals surface area contributed by atoms with Crippen molar-refractivity contribution in [2.75, 3.05) is 0 Å². The number of Topliss-reactive ketones (excluding diaryl/α,β-unsaturated/α-hetero) is 1. The van der Waals surface area contributed by atoms with Crippen LogP contribution in [0.1, 0.15) is 27.8 Å². The molecule has 0 aliphatic carbocycles. The van der Waals surface area contributed by atoms with Gasteiger partial charge in [0.1, 0.15) is 0 Å². The second kappa shape index (κ2) is 5.92. The van der Waals surface area contributed by atoms with E-state index < -0.39 is 12.1 Å². The number of esters is 1. The van der Waals surface area contributed by atoms with Crippen LogP contribution in [0.15, 0.2) is 54.9 Å². The normalized spacial score (nSPS) is 12.0. The molecule has 2 aromatic heterocycles. The molecule has 6 nitrogen and oxygen atoms in total. The highest BCUT2D eigenvalue weighted by atomic mass is 16.6. The van der Waals surface area contributed by atoms with Gasteiger partial charge in [-0.05, 0) is 19.1 Å². The lowest BCUT2D eigenvalue weighted by Crippen LogP contribution is -2.36. The van der Waals surface area contributed by atoms with Gasteiger partial charge in [-0.3, -0.25) is 4.79 Å². The van der Waals surface area contributed by atoms with Crippen LogP contribution in [0, 0.1) is 5.21 Å². The summed E-state index contributed by atoms with van der Waals surface area (Å²) in [5.41, 5.74) is 1.12. The molecule has 0 aliphatic rings. The van der Waals surface area contributed by atoms with Crippen LogP contribution in [0.3, 0.4) is 0 Å². The van der Waals surface area contributed by atoms with Gasteiger partial charge in [0.15, 0.2) is 12.3 Å². The molecular formula is C17H14N2O4. The number of nitrogens with one attached hydrogen (secondary N) is 1. The lowest BCUT2D eigenvalue weighted by Gasteiger charge is -2.11. The van der Waals surface area contributed by atoms with Gasteiger partial charge in [0.25, 0.3) is 0 Å². The Bertz CT molecular complexity index is 885. The van der Waals surface area contributed by atoms with E-state index in [2.05, 4.69) is 4.98 Å². The van der Waals surface area contributed by atoms with Gasteiger partial charge in [0.2, 0.25) is 5.78 Å². The van der Waals surface area contributed by atoms with Gasteiger partial charge in [-0.15, -0.1) is 0 Å². The number of rotatable bonds is 4. The summed E-state index contributed by atoms with van der Waals surface area (Å²) in [5, 5.41) is 12.3. The number of aromatic nitrogens is 2. The molecule has 1 N–H and O–H groups in total. The lowest BCUT2D eigenvalue weighted by atomic mass is 10.1. The minimum absolute atomic E-state index is 0.161. The molecule has 3 aromatic rings. The molecule has 23 heavy (non-hydrogen) atoms. The lowest BCUT2D eigenvalue weighted by molar-refractivity contribution is -0.608. The van der Waals surface area contributed by atoms with E-state index in [4.69, 9.17) is 4.74 Å². The third-order valence-electron chi connectivity index (χ3n) is 3.54. The summed E-state index contributed by atoms with van der Waals surface area (Å²) in [7, 11) is 0. The van der Waals surface area contributed by atoms with Crippen LogP contribution >= 0.6 is 0 Å². The highest BCUT2D eigenvalue weighted by molar-refractivity contribution is 6.10. The van der Waals surface area contributed by atoms with Crippen molar-refractivity contribution in [2.45, 2.75) is 13.0 Å². The zero-order valence-electron chi connectivity index (χ0n) is 12.4. The third kappa shape index (κ3) is 2.78. The van der Waals surface area contributed by atoms with Gasteiger partial charge in [0, 0.05) is 34.8 Å². The Kier molecular flexibility index (Phi) is 3.80. The molecule has 0 radical (unpaired) electrons. The standard InChI is InChI=1S/C17H14N2O4/c1-11(23-17(21)15-8-4-5-9-19(15)22)16(20)13-10-18-14-7-3-2-6-12(13)14/h2-11,18H,1H3/t11-/m1/s1. The Balaban J connectivity index is 1.80. The quantitative estimate of drug-likeness (QED) is 0.346. The summed E-state index contributed by atoms with van der Waals surface area (Å²) < 4.78 is 5.54. The van der Waals surface area contributed by atoms with Crippen molar-refractivity contribution in [3.63, 3.8) is 0 Å². The molecule has 0 aliphatic heterocycles. The van der Waals surface area contributed by atoms with E-state index in [0.717, 1.165) is 10.9 Å². The Labute approximate surface area is 131 Å². The van der Waals surface area contributed by atoms with Crippen molar-refractivity contribution in [2.24, 2.45) is 0 Å². The Morgan fingerprint density at radius 2 is 1.91 bits per heavy atom. The summed E-state index contributed by atoms with van der Waals surface area (Å²) in [6.45, 7) is 1.49. The fraction of sp³-hybridized carbons (Fsp3) is 0.118. The van der Waals surface area contributed by atoms with E-state index in [1.165, 1.54) is 25.3 Å². The largest absolute Gasteiger partial charge is 0.618 e. The van der Waals surface area contributed by atoms with Crippen LogP contribution in [-0.4, -0.2) is 22.8 Å². The third-order valence-corrected chi connectivity index (χ3v) is 3.54. The number of ketones is 1. The van der Waals surface area contributed by atoms with Crippen molar-refractivity contribution in [1.29, 1.82) is 0 Å². The average Bonchev–Trinajstić information content (AvgIpc) is 2.98. The summed E-state index contributed by atoms with van der Waals surface area (Å²) in [6, 6.07) is 11.8. The first-order chi connectivity index (χ1) is 11.1. The average molecular weight is 310 g/mol. The molecule has 1 atom stereocenters. The number of aromatic amines is 1. The van der Waals surface area contributed by atoms with Crippen molar-refractivity contribution in [1.82, 2.24) is 4.98 Å². The zero-order chi connectivity index (χ0) is 16.4. The number of nitrogens with zero attached hydrogens (tertiary/aromatic N) is 1. The van der Waals surface area contributed by atoms with Crippen LogP contribution in [0.4, 0.5) is 0 Å². The van der Waals surface area contributed by atoms with Crippen LogP contribution in [0.2, 0.25) is 0 Å². The summed E-state index contributed by atoms with van der Waals surface area (Å²) >= 11 is 0. The van der Waals surface area contributed by atoms with Crippen LogP contribution in [-0.2, 0) is 4.74 Å². The molecular weight excluding hydrogens is 296 g/mol. The molecule has 116 valence electrons. The maximum absolute atomic E-state index is 12.5. The van der Waals surface area contributed by atoms with Crippen LogP contribution in [0.25, 0.3) is 10.9 Å². The van der Waals surface area contributed by atoms with Crippen molar-refractivity contribution < 1.29 is 19.1 Å². The van der Waals surface area contributed by atoms with E-state index in [1.807, 2.05) is 24.3 Å². The van der Waals surface area contributed by atoms with Crippen molar-refractivity contribution >= 4 is 22.7 Å². The van der Waals surface area contributed by atoms with Gasteiger partial charge in [-0.2, -0.15) is 4.73 Å². The molecule has 0 bridgehead atoms. The number of pyridine rings is 1. The Morgan fingerprint density at radius 3 is 2.70 bits per heavy atom. The minimum Gasteiger partial charge on any atom is -0.618 e. The number of hydrogen-bond donors (Lipinski definition) is 1. The fourth-order valence-corrected chi connectivity index (χ4v) is 2.36. The molecule has 0 saturated heterocycles. The predicted molar refractivity (Wildman–Crippen MR) is 82.9 cm³/mol. The molecule has 0 amide bonds. The number of H-pyrrole nitrogens is 1. The molecule has 0 spiro atoms. The SMILES string of the molecule is C[C@@H](OC(=O)c1cccc[n+]1[O-])C(=O)c1c[nH]c2ccccc12. The van der Waals surface area contributed by atoms with Gasteiger partial charge < -0.3 is 14.9 Å². The number of carbonyl (C=O) groups is 2. The molecule has 0 unspecified atom stereocenters. The highest BCUT2D eigenvalue weighted by Crippen LogP contribution is 2.20. The Hall–Kier alpha value is -3.15. The van der Waals surface area contributed by atoms with Gasteiger partial charge in [-0.1, -0.05) is 18.2 Å². The smallest absolute Gasteiger partial charge is 0.405 e. The maximum atomic E-state index is 12.5. The van der Waals surface area contributed by atoms with E-state index in [9.17, 15) is 14.8 Å². The number of benzene rings is 1. The first kappa shape index (κ1) is 14.8. The van der Waals surface area contributed by atoms with Gasteiger partial charge in [0.05, 0.1) is 0 Å².